The lowest BCUT2D eigenvalue weighted by molar-refractivity contribution is 0.478. The number of halogens is 1. The van der Waals surface area contributed by atoms with E-state index in [1.54, 1.807) is 0 Å². The number of benzene rings is 2. The fourth-order valence-corrected chi connectivity index (χ4v) is 2.84. The molecule has 0 fully saturated rings. The van der Waals surface area contributed by atoms with Crippen LogP contribution in [0, 0.1) is 6.92 Å². The minimum absolute atomic E-state index is 0.0595. The fourth-order valence-electron chi connectivity index (χ4n) is 2.62. The van der Waals surface area contributed by atoms with Gasteiger partial charge < -0.3 is 5.73 Å². The van der Waals surface area contributed by atoms with Crippen molar-refractivity contribution in [1.29, 1.82) is 0 Å². The van der Waals surface area contributed by atoms with Gasteiger partial charge in [0.2, 0.25) is 0 Å². The second kappa shape index (κ2) is 5.77. The van der Waals surface area contributed by atoms with Crippen LogP contribution in [0.3, 0.4) is 0 Å². The van der Waals surface area contributed by atoms with Crippen LogP contribution in [0.2, 0.25) is 5.02 Å². The third kappa shape index (κ3) is 3.17. The van der Waals surface area contributed by atoms with Gasteiger partial charge in [0.15, 0.2) is 0 Å². The SMILES string of the molecule is Cc1ccccc1C(C)(CN)Cc1cccc(Cl)c1. The zero-order valence-electron chi connectivity index (χ0n) is 11.5. The predicted molar refractivity (Wildman–Crippen MR) is 82.7 cm³/mol. The van der Waals surface area contributed by atoms with Crippen LogP contribution < -0.4 is 5.73 Å². The summed E-state index contributed by atoms with van der Waals surface area (Å²) < 4.78 is 0. The lowest BCUT2D eigenvalue weighted by Crippen LogP contribution is -2.34. The molecule has 0 spiro atoms. The highest BCUT2D eigenvalue weighted by Crippen LogP contribution is 2.30. The summed E-state index contributed by atoms with van der Waals surface area (Å²) in [4.78, 5) is 0. The monoisotopic (exact) mass is 273 g/mol. The van der Waals surface area contributed by atoms with Crippen LogP contribution in [0.15, 0.2) is 48.5 Å². The van der Waals surface area contributed by atoms with E-state index in [-0.39, 0.29) is 5.41 Å². The summed E-state index contributed by atoms with van der Waals surface area (Å²) in [6.07, 6.45) is 0.898. The standard InChI is InChI=1S/C17H20ClN/c1-13-6-3-4-9-16(13)17(2,12-19)11-14-7-5-8-15(18)10-14/h3-10H,11-12,19H2,1-2H3. The normalized spacial score (nSPS) is 14.1. The molecule has 0 saturated heterocycles. The van der Waals surface area contributed by atoms with Crippen molar-refractivity contribution in [3.63, 3.8) is 0 Å². The molecule has 0 aliphatic carbocycles. The van der Waals surface area contributed by atoms with Crippen molar-refractivity contribution in [3.8, 4) is 0 Å². The van der Waals surface area contributed by atoms with Gasteiger partial charge in [0.25, 0.3) is 0 Å². The molecule has 2 aromatic carbocycles. The molecule has 0 aliphatic heterocycles. The molecule has 1 nitrogen and oxygen atoms in total. The Morgan fingerprint density at radius 3 is 2.47 bits per heavy atom. The molecular formula is C17H20ClN. The topological polar surface area (TPSA) is 26.0 Å². The molecule has 2 heteroatoms. The maximum Gasteiger partial charge on any atom is 0.0408 e. The molecular weight excluding hydrogens is 254 g/mol. The van der Waals surface area contributed by atoms with Gasteiger partial charge in [0, 0.05) is 17.0 Å². The summed E-state index contributed by atoms with van der Waals surface area (Å²) in [7, 11) is 0. The van der Waals surface area contributed by atoms with Crippen molar-refractivity contribution in [2.24, 2.45) is 5.73 Å². The third-order valence-electron chi connectivity index (χ3n) is 3.73. The summed E-state index contributed by atoms with van der Waals surface area (Å²) in [5.74, 6) is 0. The van der Waals surface area contributed by atoms with Crippen LogP contribution in [-0.4, -0.2) is 6.54 Å². The molecule has 2 N–H and O–H groups in total. The molecule has 100 valence electrons. The van der Waals surface area contributed by atoms with Crippen molar-refractivity contribution < 1.29 is 0 Å². The lowest BCUT2D eigenvalue weighted by Gasteiger charge is -2.30. The molecule has 0 bridgehead atoms. The van der Waals surface area contributed by atoms with E-state index in [0.717, 1.165) is 11.4 Å². The molecule has 0 saturated carbocycles. The molecule has 0 amide bonds. The molecule has 0 radical (unpaired) electrons. The first-order valence-corrected chi connectivity index (χ1v) is 6.93. The lowest BCUT2D eigenvalue weighted by atomic mass is 9.75. The van der Waals surface area contributed by atoms with Gasteiger partial charge in [0.05, 0.1) is 0 Å². The molecule has 0 aromatic heterocycles. The molecule has 2 aromatic rings. The Bertz CT molecular complexity index is 565. The van der Waals surface area contributed by atoms with Crippen LogP contribution in [-0.2, 0) is 11.8 Å². The first-order chi connectivity index (χ1) is 9.05. The molecule has 19 heavy (non-hydrogen) atoms. The first kappa shape index (κ1) is 14.1. The van der Waals surface area contributed by atoms with Crippen molar-refractivity contribution in [1.82, 2.24) is 0 Å². The number of aryl methyl sites for hydroxylation is 1. The largest absolute Gasteiger partial charge is 0.330 e. The molecule has 1 unspecified atom stereocenters. The third-order valence-corrected chi connectivity index (χ3v) is 3.96. The van der Waals surface area contributed by atoms with Gasteiger partial charge in [-0.1, -0.05) is 54.9 Å². The Hall–Kier alpha value is -1.31. The fraction of sp³-hybridized carbons (Fsp3) is 0.294. The van der Waals surface area contributed by atoms with E-state index in [1.165, 1.54) is 16.7 Å². The van der Waals surface area contributed by atoms with Gasteiger partial charge in [-0.2, -0.15) is 0 Å². The summed E-state index contributed by atoms with van der Waals surface area (Å²) >= 11 is 6.06. The van der Waals surface area contributed by atoms with E-state index >= 15 is 0 Å². The van der Waals surface area contributed by atoms with E-state index in [4.69, 9.17) is 17.3 Å². The highest BCUT2D eigenvalue weighted by Gasteiger charge is 2.26. The Morgan fingerprint density at radius 2 is 1.84 bits per heavy atom. The Morgan fingerprint density at radius 1 is 1.11 bits per heavy atom. The molecule has 1 atom stereocenters. The average Bonchev–Trinajstić information content (AvgIpc) is 2.39. The Balaban J connectivity index is 2.36. The van der Waals surface area contributed by atoms with Crippen molar-refractivity contribution in [3.05, 3.63) is 70.2 Å². The average molecular weight is 274 g/mol. The number of nitrogens with two attached hydrogens (primary N) is 1. The van der Waals surface area contributed by atoms with Gasteiger partial charge >= 0.3 is 0 Å². The number of hydrogen-bond acceptors (Lipinski definition) is 1. The van der Waals surface area contributed by atoms with Crippen molar-refractivity contribution in [2.75, 3.05) is 6.54 Å². The van der Waals surface area contributed by atoms with E-state index in [0.29, 0.717) is 6.54 Å². The number of hydrogen-bond donors (Lipinski definition) is 1. The van der Waals surface area contributed by atoms with Crippen LogP contribution in [0.5, 0.6) is 0 Å². The van der Waals surface area contributed by atoms with Crippen LogP contribution in [0.4, 0.5) is 0 Å². The van der Waals surface area contributed by atoms with Crippen molar-refractivity contribution in [2.45, 2.75) is 25.7 Å². The molecule has 2 rings (SSSR count). The highest BCUT2D eigenvalue weighted by molar-refractivity contribution is 6.30. The number of rotatable bonds is 4. The van der Waals surface area contributed by atoms with Crippen LogP contribution in [0.25, 0.3) is 0 Å². The van der Waals surface area contributed by atoms with E-state index in [9.17, 15) is 0 Å². The summed E-state index contributed by atoms with van der Waals surface area (Å²) in [5, 5.41) is 0.779. The van der Waals surface area contributed by atoms with E-state index in [2.05, 4.69) is 44.2 Å². The highest BCUT2D eigenvalue weighted by atomic mass is 35.5. The minimum Gasteiger partial charge on any atom is -0.330 e. The molecule has 0 heterocycles. The first-order valence-electron chi connectivity index (χ1n) is 6.56. The summed E-state index contributed by atoms with van der Waals surface area (Å²) in [6, 6.07) is 16.5. The van der Waals surface area contributed by atoms with Gasteiger partial charge in [-0.15, -0.1) is 0 Å². The smallest absolute Gasteiger partial charge is 0.0408 e. The van der Waals surface area contributed by atoms with E-state index < -0.39 is 0 Å². The van der Waals surface area contributed by atoms with Crippen LogP contribution in [0.1, 0.15) is 23.6 Å². The Labute approximate surface area is 120 Å². The van der Waals surface area contributed by atoms with Gasteiger partial charge in [-0.3, -0.25) is 0 Å². The van der Waals surface area contributed by atoms with Crippen LogP contribution >= 0.6 is 11.6 Å². The minimum atomic E-state index is -0.0595. The van der Waals surface area contributed by atoms with E-state index in [1.807, 2.05) is 18.2 Å². The zero-order chi connectivity index (χ0) is 13.9. The maximum atomic E-state index is 6.06. The maximum absolute atomic E-state index is 6.06. The predicted octanol–water partition coefficient (Wildman–Crippen LogP) is 4.11. The summed E-state index contributed by atoms with van der Waals surface area (Å²) in [6.45, 7) is 4.97. The van der Waals surface area contributed by atoms with Gasteiger partial charge in [-0.05, 0) is 42.2 Å². The summed E-state index contributed by atoms with van der Waals surface area (Å²) in [5.41, 5.74) is 9.83. The zero-order valence-corrected chi connectivity index (χ0v) is 12.2. The Kier molecular flexibility index (Phi) is 4.28. The second-order valence-electron chi connectivity index (χ2n) is 5.39. The van der Waals surface area contributed by atoms with Crippen molar-refractivity contribution >= 4 is 11.6 Å². The quantitative estimate of drug-likeness (QED) is 0.891. The second-order valence-corrected chi connectivity index (χ2v) is 5.82. The van der Waals surface area contributed by atoms with Gasteiger partial charge in [0.1, 0.15) is 0 Å². The van der Waals surface area contributed by atoms with Gasteiger partial charge in [-0.25, -0.2) is 0 Å². The molecule has 0 aliphatic rings.